The van der Waals surface area contributed by atoms with E-state index >= 15 is 0 Å². The van der Waals surface area contributed by atoms with Gasteiger partial charge < -0.3 is 5.32 Å². The number of unbranched alkanes of at least 4 members (excludes halogenated alkanes) is 1. The molecule has 0 unspecified atom stereocenters. The van der Waals surface area contributed by atoms with Crippen LogP contribution in [0, 0.1) is 0 Å². The molecule has 28 heavy (non-hydrogen) atoms. The molecular formula is C25H26ClNO. The van der Waals surface area contributed by atoms with E-state index in [-0.39, 0.29) is 11.8 Å². The highest BCUT2D eigenvalue weighted by molar-refractivity contribution is 6.30. The quantitative estimate of drug-likeness (QED) is 0.394. The summed E-state index contributed by atoms with van der Waals surface area (Å²) < 4.78 is 0. The Hall–Kier alpha value is -2.58. The van der Waals surface area contributed by atoms with Crippen molar-refractivity contribution in [1.82, 2.24) is 0 Å². The molecule has 0 radical (unpaired) electrons. The molecule has 3 aromatic carbocycles. The van der Waals surface area contributed by atoms with Crippen molar-refractivity contribution in [2.24, 2.45) is 0 Å². The number of ketones is 1. The lowest BCUT2D eigenvalue weighted by molar-refractivity contribution is 0.0976. The van der Waals surface area contributed by atoms with Crippen LogP contribution >= 0.6 is 11.6 Å². The van der Waals surface area contributed by atoms with E-state index in [1.165, 1.54) is 18.4 Å². The molecule has 0 fully saturated rings. The third-order valence-corrected chi connectivity index (χ3v) is 5.12. The third kappa shape index (κ3) is 5.71. The largest absolute Gasteiger partial charge is 0.378 e. The zero-order valence-electron chi connectivity index (χ0n) is 16.2. The Morgan fingerprint density at radius 3 is 2.25 bits per heavy atom. The highest BCUT2D eigenvalue weighted by Crippen LogP contribution is 2.26. The fourth-order valence-electron chi connectivity index (χ4n) is 3.22. The van der Waals surface area contributed by atoms with Crippen LogP contribution in [0.1, 0.15) is 53.7 Å². The highest BCUT2D eigenvalue weighted by Gasteiger charge is 2.17. The minimum absolute atomic E-state index is 0.118. The smallest absolute Gasteiger partial charge is 0.165 e. The summed E-state index contributed by atoms with van der Waals surface area (Å²) in [5.74, 6) is 0.118. The first-order chi connectivity index (χ1) is 13.7. The van der Waals surface area contributed by atoms with Crippen LogP contribution in [0.25, 0.3) is 0 Å². The van der Waals surface area contributed by atoms with Gasteiger partial charge in [0, 0.05) is 22.7 Å². The molecule has 0 aliphatic carbocycles. The summed E-state index contributed by atoms with van der Waals surface area (Å²) in [6.07, 6.45) is 3.87. The Labute approximate surface area is 172 Å². The van der Waals surface area contributed by atoms with E-state index in [2.05, 4.69) is 36.5 Å². The Morgan fingerprint density at radius 1 is 0.929 bits per heavy atom. The first kappa shape index (κ1) is 20.2. The molecule has 1 N–H and O–H groups in total. The predicted molar refractivity (Wildman–Crippen MR) is 118 cm³/mol. The van der Waals surface area contributed by atoms with Crippen molar-refractivity contribution in [3.8, 4) is 0 Å². The van der Waals surface area contributed by atoms with E-state index in [4.69, 9.17) is 11.6 Å². The molecule has 0 saturated heterocycles. The Balaban J connectivity index is 1.78. The number of nitrogens with one attached hydrogen (secondary N) is 1. The van der Waals surface area contributed by atoms with E-state index in [1.807, 2.05) is 54.6 Å². The number of hydrogen-bond acceptors (Lipinski definition) is 2. The number of anilines is 1. The maximum absolute atomic E-state index is 12.8. The zero-order valence-corrected chi connectivity index (χ0v) is 17.0. The first-order valence-corrected chi connectivity index (χ1v) is 10.2. The minimum atomic E-state index is -0.119. The van der Waals surface area contributed by atoms with Crippen molar-refractivity contribution < 1.29 is 4.79 Å². The summed E-state index contributed by atoms with van der Waals surface area (Å²) in [5.41, 5.74) is 4.14. The van der Waals surface area contributed by atoms with Crippen LogP contribution in [-0.2, 0) is 6.42 Å². The van der Waals surface area contributed by atoms with Gasteiger partial charge in [0.25, 0.3) is 0 Å². The van der Waals surface area contributed by atoms with Crippen LogP contribution in [-0.4, -0.2) is 5.78 Å². The number of aryl methyl sites for hydroxylation is 1. The van der Waals surface area contributed by atoms with Gasteiger partial charge in [0.2, 0.25) is 0 Å². The summed E-state index contributed by atoms with van der Waals surface area (Å²) in [5, 5.41) is 4.23. The summed E-state index contributed by atoms with van der Waals surface area (Å²) >= 11 is 6.05. The van der Waals surface area contributed by atoms with Crippen molar-refractivity contribution >= 4 is 23.1 Å². The lowest BCUT2D eigenvalue weighted by Gasteiger charge is -2.20. The molecule has 144 valence electrons. The predicted octanol–water partition coefficient (Wildman–Crippen LogP) is 7.11. The van der Waals surface area contributed by atoms with E-state index in [0.29, 0.717) is 11.4 Å². The van der Waals surface area contributed by atoms with Gasteiger partial charge in [-0.15, -0.1) is 0 Å². The minimum Gasteiger partial charge on any atom is -0.378 e. The molecule has 3 rings (SSSR count). The third-order valence-electron chi connectivity index (χ3n) is 4.87. The maximum atomic E-state index is 12.8. The second kappa shape index (κ2) is 10.1. The molecule has 1 atom stereocenters. The molecule has 0 saturated carbocycles. The van der Waals surface area contributed by atoms with E-state index in [9.17, 15) is 4.79 Å². The molecule has 0 amide bonds. The SMILES string of the molecule is CCCCc1ccc(N[C@H](CC(=O)c2ccccc2)c2ccc(Cl)cc2)cc1. The summed E-state index contributed by atoms with van der Waals surface area (Å²) in [6.45, 7) is 2.20. The van der Waals surface area contributed by atoms with Crippen molar-refractivity contribution in [2.45, 2.75) is 38.6 Å². The van der Waals surface area contributed by atoms with Gasteiger partial charge in [0.1, 0.15) is 0 Å². The monoisotopic (exact) mass is 391 g/mol. The second-order valence-corrected chi connectivity index (χ2v) is 7.48. The molecule has 0 aliphatic rings. The first-order valence-electron chi connectivity index (χ1n) is 9.85. The van der Waals surface area contributed by atoms with E-state index in [1.54, 1.807) is 0 Å². The van der Waals surface area contributed by atoms with Gasteiger partial charge in [-0.3, -0.25) is 4.79 Å². The van der Waals surface area contributed by atoms with Crippen LogP contribution < -0.4 is 5.32 Å². The van der Waals surface area contributed by atoms with Gasteiger partial charge >= 0.3 is 0 Å². The number of Topliss-reactive ketones (excluding diaryl/α,β-unsaturated/α-hetero) is 1. The number of rotatable bonds is 9. The number of benzene rings is 3. The van der Waals surface area contributed by atoms with Gasteiger partial charge in [-0.25, -0.2) is 0 Å². The van der Waals surface area contributed by atoms with Crippen molar-refractivity contribution in [2.75, 3.05) is 5.32 Å². The maximum Gasteiger partial charge on any atom is 0.165 e. The Bertz CT molecular complexity index is 873. The van der Waals surface area contributed by atoms with Gasteiger partial charge in [-0.05, 0) is 48.2 Å². The molecule has 0 aliphatic heterocycles. The topological polar surface area (TPSA) is 29.1 Å². The number of carbonyl (C=O) groups is 1. The summed E-state index contributed by atoms with van der Waals surface area (Å²) in [4.78, 5) is 12.8. The average molecular weight is 392 g/mol. The fourth-order valence-corrected chi connectivity index (χ4v) is 3.35. The molecular weight excluding hydrogens is 366 g/mol. The summed E-state index contributed by atoms with van der Waals surface area (Å²) in [6, 6.07) is 25.5. The standard InChI is InChI=1S/C25H26ClNO/c1-2-3-7-19-10-16-23(17-11-19)27-24(20-12-14-22(26)15-13-20)18-25(28)21-8-5-4-6-9-21/h4-6,8-17,24,27H,2-3,7,18H2,1H3/t24-/m1/s1. The molecule has 2 nitrogen and oxygen atoms in total. The zero-order chi connectivity index (χ0) is 19.8. The molecule has 3 aromatic rings. The molecule has 0 bridgehead atoms. The van der Waals surface area contributed by atoms with Crippen LogP contribution in [0.15, 0.2) is 78.9 Å². The normalized spacial score (nSPS) is 11.8. The lowest BCUT2D eigenvalue weighted by atomic mass is 9.97. The molecule has 3 heteroatoms. The van der Waals surface area contributed by atoms with Crippen molar-refractivity contribution in [1.29, 1.82) is 0 Å². The lowest BCUT2D eigenvalue weighted by Crippen LogP contribution is -2.16. The average Bonchev–Trinajstić information content (AvgIpc) is 2.74. The highest BCUT2D eigenvalue weighted by atomic mass is 35.5. The van der Waals surface area contributed by atoms with E-state index in [0.717, 1.165) is 23.2 Å². The van der Waals surface area contributed by atoms with E-state index < -0.39 is 0 Å². The molecule has 0 aromatic heterocycles. The van der Waals surface area contributed by atoms with Crippen LogP contribution in [0.3, 0.4) is 0 Å². The Kier molecular flexibility index (Phi) is 7.27. The van der Waals surface area contributed by atoms with Crippen molar-refractivity contribution in [3.05, 3.63) is 101 Å². The molecule has 0 heterocycles. The second-order valence-electron chi connectivity index (χ2n) is 7.04. The van der Waals surface area contributed by atoms with Gasteiger partial charge in [0.15, 0.2) is 5.78 Å². The van der Waals surface area contributed by atoms with Gasteiger partial charge in [-0.2, -0.15) is 0 Å². The van der Waals surface area contributed by atoms with Crippen LogP contribution in [0.5, 0.6) is 0 Å². The van der Waals surface area contributed by atoms with Gasteiger partial charge in [-0.1, -0.05) is 79.5 Å². The number of hydrogen-bond donors (Lipinski definition) is 1. The molecule has 0 spiro atoms. The van der Waals surface area contributed by atoms with Crippen LogP contribution in [0.2, 0.25) is 5.02 Å². The summed E-state index contributed by atoms with van der Waals surface area (Å²) in [7, 11) is 0. The number of halogens is 1. The fraction of sp³-hybridized carbons (Fsp3) is 0.240. The van der Waals surface area contributed by atoms with Gasteiger partial charge in [0.05, 0.1) is 6.04 Å². The van der Waals surface area contributed by atoms with Crippen LogP contribution in [0.4, 0.5) is 5.69 Å². The Morgan fingerprint density at radius 2 is 1.61 bits per heavy atom. The van der Waals surface area contributed by atoms with Crippen molar-refractivity contribution in [3.63, 3.8) is 0 Å². The number of carbonyl (C=O) groups excluding carboxylic acids is 1.